The first-order valence-corrected chi connectivity index (χ1v) is 8.61. The van der Waals surface area contributed by atoms with Crippen LogP contribution in [0.3, 0.4) is 0 Å². The molecular weight excluding hydrogens is 308 g/mol. The number of halogens is 1. The maximum absolute atomic E-state index is 11.9. The van der Waals surface area contributed by atoms with Gasteiger partial charge in [-0.2, -0.15) is 17.4 Å². The van der Waals surface area contributed by atoms with Crippen LogP contribution in [0.4, 0.5) is 0 Å². The second-order valence-corrected chi connectivity index (χ2v) is 6.56. The van der Waals surface area contributed by atoms with Crippen molar-refractivity contribution in [3.8, 4) is 0 Å². The van der Waals surface area contributed by atoms with Crippen LogP contribution in [0, 0.1) is 0 Å². The molecule has 102 valence electrons. The van der Waals surface area contributed by atoms with Gasteiger partial charge in [0.25, 0.3) is 10.2 Å². The van der Waals surface area contributed by atoms with E-state index < -0.39 is 10.2 Å². The lowest BCUT2D eigenvalue weighted by Gasteiger charge is -2.20. The fourth-order valence-corrected chi connectivity index (χ4v) is 3.26. The van der Waals surface area contributed by atoms with Crippen LogP contribution >= 0.6 is 15.9 Å². The molecule has 0 saturated carbocycles. The van der Waals surface area contributed by atoms with Crippen molar-refractivity contribution >= 4 is 26.1 Å². The van der Waals surface area contributed by atoms with Gasteiger partial charge in [0.2, 0.25) is 0 Å². The summed E-state index contributed by atoms with van der Waals surface area (Å²) in [7, 11) is -3.30. The Hall–Kier alpha value is 0.310. The number of nitrogens with zero attached hydrogens (tertiary/aromatic N) is 1. The molecule has 0 aromatic rings. The van der Waals surface area contributed by atoms with Crippen LogP contribution in [0.2, 0.25) is 0 Å². The molecular formula is C10H21BrN2O3S. The van der Waals surface area contributed by atoms with Gasteiger partial charge >= 0.3 is 0 Å². The average molecular weight is 329 g/mol. The molecule has 0 atom stereocenters. The smallest absolute Gasteiger partial charge is 0.279 e. The van der Waals surface area contributed by atoms with Gasteiger partial charge in [-0.25, -0.2) is 0 Å². The van der Waals surface area contributed by atoms with Gasteiger partial charge in [-0.15, -0.1) is 0 Å². The molecule has 1 aliphatic heterocycles. The predicted octanol–water partition coefficient (Wildman–Crippen LogP) is 1.11. The highest BCUT2D eigenvalue weighted by Crippen LogP contribution is 2.11. The lowest BCUT2D eigenvalue weighted by molar-refractivity contribution is 0.156. The normalized spacial score (nSPS) is 19.1. The van der Waals surface area contributed by atoms with Gasteiger partial charge in [0.1, 0.15) is 0 Å². The molecule has 1 heterocycles. The fourth-order valence-electron chi connectivity index (χ4n) is 1.77. The van der Waals surface area contributed by atoms with Crippen molar-refractivity contribution in [2.45, 2.75) is 25.7 Å². The van der Waals surface area contributed by atoms with E-state index in [-0.39, 0.29) is 0 Å². The Morgan fingerprint density at radius 1 is 1.12 bits per heavy atom. The lowest BCUT2D eigenvalue weighted by Crippen LogP contribution is -2.42. The number of hydrogen-bond donors (Lipinski definition) is 1. The second kappa shape index (κ2) is 8.42. The van der Waals surface area contributed by atoms with Crippen LogP contribution in [0.25, 0.3) is 0 Å². The number of hydrogen-bond acceptors (Lipinski definition) is 3. The summed E-state index contributed by atoms with van der Waals surface area (Å²) in [6.07, 6.45) is 4.17. The number of rotatable bonds is 7. The Kier molecular flexibility index (Phi) is 7.61. The van der Waals surface area contributed by atoms with Crippen LogP contribution in [0.1, 0.15) is 25.7 Å². The second-order valence-electron chi connectivity index (χ2n) is 4.01. The third kappa shape index (κ3) is 6.15. The monoisotopic (exact) mass is 328 g/mol. The molecule has 5 nitrogen and oxygen atoms in total. The quantitative estimate of drug-likeness (QED) is 0.562. The zero-order valence-electron chi connectivity index (χ0n) is 10.0. The van der Waals surface area contributed by atoms with E-state index in [1.165, 1.54) is 0 Å². The van der Waals surface area contributed by atoms with Crippen LogP contribution < -0.4 is 4.72 Å². The molecule has 0 aromatic carbocycles. The van der Waals surface area contributed by atoms with E-state index in [0.717, 1.165) is 31.0 Å². The first-order valence-electron chi connectivity index (χ1n) is 6.05. The van der Waals surface area contributed by atoms with E-state index in [2.05, 4.69) is 20.7 Å². The zero-order chi connectivity index (χ0) is 12.6. The first kappa shape index (κ1) is 15.4. The van der Waals surface area contributed by atoms with Crippen molar-refractivity contribution in [1.29, 1.82) is 0 Å². The molecule has 0 aromatic heterocycles. The van der Waals surface area contributed by atoms with Crippen molar-refractivity contribution in [2.75, 3.05) is 38.2 Å². The maximum atomic E-state index is 11.9. The van der Waals surface area contributed by atoms with Crippen molar-refractivity contribution < 1.29 is 13.2 Å². The summed E-state index contributed by atoms with van der Waals surface area (Å²) >= 11 is 3.24. The summed E-state index contributed by atoms with van der Waals surface area (Å²) in [4.78, 5) is 0. The molecule has 0 radical (unpaired) electrons. The highest BCUT2D eigenvalue weighted by molar-refractivity contribution is 9.09. The Morgan fingerprint density at radius 3 is 2.35 bits per heavy atom. The third-order valence-corrected chi connectivity index (χ3v) is 4.59. The summed E-state index contributed by atoms with van der Waals surface area (Å²) < 4.78 is 33.2. The zero-order valence-corrected chi connectivity index (χ0v) is 12.4. The molecule has 1 aliphatic rings. The molecule has 17 heavy (non-hydrogen) atoms. The van der Waals surface area contributed by atoms with E-state index in [4.69, 9.17) is 4.74 Å². The standard InChI is InChI=1S/C10H21BrN2O3S/c11-5-9-16-10-6-12-17(14,15)13-7-3-1-2-4-8-13/h12H,1-10H2. The summed E-state index contributed by atoms with van der Waals surface area (Å²) in [6.45, 7) is 2.63. The van der Waals surface area contributed by atoms with Gasteiger partial charge < -0.3 is 4.74 Å². The molecule has 1 N–H and O–H groups in total. The van der Waals surface area contributed by atoms with E-state index in [0.29, 0.717) is 32.8 Å². The summed E-state index contributed by atoms with van der Waals surface area (Å²) in [6, 6.07) is 0. The maximum Gasteiger partial charge on any atom is 0.279 e. The van der Waals surface area contributed by atoms with Gasteiger partial charge in [-0.3, -0.25) is 0 Å². The number of ether oxygens (including phenoxy) is 1. The highest BCUT2D eigenvalue weighted by atomic mass is 79.9. The van der Waals surface area contributed by atoms with Crippen molar-refractivity contribution in [2.24, 2.45) is 0 Å². The average Bonchev–Trinajstić information content (AvgIpc) is 2.57. The minimum Gasteiger partial charge on any atom is -0.379 e. The van der Waals surface area contributed by atoms with Crippen LogP contribution in [0.5, 0.6) is 0 Å². The van der Waals surface area contributed by atoms with Crippen LogP contribution in [0.15, 0.2) is 0 Å². The molecule has 0 aliphatic carbocycles. The Balaban J connectivity index is 2.28. The van der Waals surface area contributed by atoms with Crippen molar-refractivity contribution in [3.05, 3.63) is 0 Å². The topological polar surface area (TPSA) is 58.6 Å². The summed E-state index contributed by atoms with van der Waals surface area (Å²) in [5, 5.41) is 0.770. The molecule has 7 heteroatoms. The molecule has 1 rings (SSSR count). The van der Waals surface area contributed by atoms with Gasteiger partial charge in [0.05, 0.1) is 13.2 Å². The minimum atomic E-state index is -3.30. The predicted molar refractivity (Wildman–Crippen MR) is 71.6 cm³/mol. The van der Waals surface area contributed by atoms with E-state index in [1.54, 1.807) is 4.31 Å². The van der Waals surface area contributed by atoms with E-state index >= 15 is 0 Å². The molecule has 0 bridgehead atoms. The Bertz CT molecular complexity index is 290. The van der Waals surface area contributed by atoms with Crippen LogP contribution in [-0.4, -0.2) is 50.9 Å². The van der Waals surface area contributed by atoms with Crippen molar-refractivity contribution in [1.82, 2.24) is 9.03 Å². The lowest BCUT2D eigenvalue weighted by atomic mass is 10.2. The van der Waals surface area contributed by atoms with Gasteiger partial charge in [-0.05, 0) is 12.8 Å². The Morgan fingerprint density at radius 2 is 1.76 bits per heavy atom. The summed E-state index contributed by atoms with van der Waals surface area (Å²) in [5.74, 6) is 0. The van der Waals surface area contributed by atoms with Gasteiger partial charge in [0.15, 0.2) is 0 Å². The number of nitrogens with one attached hydrogen (secondary N) is 1. The molecule has 0 spiro atoms. The van der Waals surface area contributed by atoms with E-state index in [1.807, 2.05) is 0 Å². The Labute approximate surface area is 112 Å². The minimum absolute atomic E-state index is 0.339. The largest absolute Gasteiger partial charge is 0.379 e. The SMILES string of the molecule is O=S(=O)(NCCOCCBr)N1CCCCCC1. The summed E-state index contributed by atoms with van der Waals surface area (Å²) in [5.41, 5.74) is 0. The van der Waals surface area contributed by atoms with Gasteiger partial charge in [0, 0.05) is 25.0 Å². The van der Waals surface area contributed by atoms with Crippen molar-refractivity contribution in [3.63, 3.8) is 0 Å². The molecule has 0 amide bonds. The fraction of sp³-hybridized carbons (Fsp3) is 1.00. The highest BCUT2D eigenvalue weighted by Gasteiger charge is 2.21. The molecule has 1 fully saturated rings. The number of alkyl halides is 1. The molecule has 0 unspecified atom stereocenters. The van der Waals surface area contributed by atoms with Gasteiger partial charge in [-0.1, -0.05) is 28.8 Å². The molecule has 1 saturated heterocycles. The van der Waals surface area contributed by atoms with Crippen LogP contribution in [-0.2, 0) is 14.9 Å². The first-order chi connectivity index (χ1) is 8.17. The van der Waals surface area contributed by atoms with E-state index in [9.17, 15) is 8.42 Å². The third-order valence-electron chi connectivity index (χ3n) is 2.66.